The van der Waals surface area contributed by atoms with Gasteiger partial charge in [-0.1, -0.05) is 81.3 Å². The lowest BCUT2D eigenvalue weighted by molar-refractivity contribution is -0.136. The summed E-state index contributed by atoms with van der Waals surface area (Å²) in [7, 11) is 0. The van der Waals surface area contributed by atoms with Crippen molar-refractivity contribution in [2.24, 2.45) is 16.1 Å². The van der Waals surface area contributed by atoms with Gasteiger partial charge < -0.3 is 10.4 Å². The molecule has 6 nitrogen and oxygen atoms in total. The van der Waals surface area contributed by atoms with Gasteiger partial charge in [0.05, 0.1) is 6.42 Å². The number of carbonyl (C=O) groups excluding carboxylic acids is 1. The van der Waals surface area contributed by atoms with Crippen LogP contribution in [0.3, 0.4) is 0 Å². The van der Waals surface area contributed by atoms with Crippen LogP contribution in [0.5, 0.6) is 0 Å². The molecule has 0 saturated heterocycles. The lowest BCUT2D eigenvalue weighted by Gasteiger charge is -2.31. The summed E-state index contributed by atoms with van der Waals surface area (Å²) in [6.45, 7) is 10.7. The number of amides is 2. The molecule has 0 aliphatic carbocycles. The van der Waals surface area contributed by atoms with E-state index in [1.165, 1.54) is 16.7 Å². The molecule has 2 aromatic carbocycles. The molecule has 2 atom stereocenters. The van der Waals surface area contributed by atoms with Crippen LogP contribution in [0.4, 0.5) is 4.79 Å². The maximum atomic E-state index is 12.1. The van der Waals surface area contributed by atoms with Gasteiger partial charge in [0.1, 0.15) is 0 Å². The summed E-state index contributed by atoms with van der Waals surface area (Å²) in [5.41, 5.74) is 5.15. The molecule has 4 rings (SSSR count). The molecule has 2 amide bonds. The van der Waals surface area contributed by atoms with E-state index in [9.17, 15) is 9.59 Å². The molecule has 1 aromatic heterocycles. The average molecular weight is 532 g/mol. The third kappa shape index (κ3) is 6.57. The summed E-state index contributed by atoms with van der Waals surface area (Å²) >= 11 is 1.63. The van der Waals surface area contributed by atoms with E-state index in [0.29, 0.717) is 6.42 Å². The first kappa shape index (κ1) is 27.7. The summed E-state index contributed by atoms with van der Waals surface area (Å²) in [6, 6.07) is 18.8. The second-order valence-corrected chi connectivity index (χ2v) is 12.7. The van der Waals surface area contributed by atoms with Crippen molar-refractivity contribution >= 4 is 23.3 Å². The van der Waals surface area contributed by atoms with Crippen molar-refractivity contribution in [1.82, 2.24) is 5.32 Å². The van der Waals surface area contributed by atoms with Gasteiger partial charge in [-0.2, -0.15) is 5.11 Å². The number of aryl methyl sites for hydroxylation is 2. The van der Waals surface area contributed by atoms with Gasteiger partial charge in [0, 0.05) is 15.7 Å². The monoisotopic (exact) mass is 531 g/mol. The van der Waals surface area contributed by atoms with Crippen LogP contribution in [0, 0.1) is 12.8 Å². The highest BCUT2D eigenvalue weighted by Crippen LogP contribution is 2.34. The zero-order valence-corrected chi connectivity index (χ0v) is 23.7. The summed E-state index contributed by atoms with van der Waals surface area (Å²) in [4.78, 5) is 25.3. The minimum absolute atomic E-state index is 0.0523. The smallest absolute Gasteiger partial charge is 0.361 e. The number of thiophene rings is 1. The fraction of sp³-hybridized carbons (Fsp3) is 0.419. The minimum Gasteiger partial charge on any atom is -0.481 e. The standard InChI is InChI=1S/C31H37N3O3S/c1-20(17-23-10-14-26(15-11-23)30(3,4)5)31(32-29(37)33-34-31)16-6-7-22-8-12-24(13-9-22)27-18-25(19-28(35)36)21(2)38-27/h8-15,18,20H,6-7,16-17,19H2,1-5H3,(H,32,37)(H,35,36). The van der Waals surface area contributed by atoms with E-state index in [0.717, 1.165) is 40.1 Å². The van der Waals surface area contributed by atoms with Gasteiger partial charge >= 0.3 is 12.0 Å². The maximum absolute atomic E-state index is 12.1. The van der Waals surface area contributed by atoms with Crippen LogP contribution in [-0.4, -0.2) is 22.8 Å². The van der Waals surface area contributed by atoms with Crippen molar-refractivity contribution in [3.63, 3.8) is 0 Å². The van der Waals surface area contributed by atoms with Gasteiger partial charge in [-0.05, 0) is 71.9 Å². The van der Waals surface area contributed by atoms with Crippen molar-refractivity contribution in [1.29, 1.82) is 0 Å². The number of carbonyl (C=O) groups is 2. The van der Waals surface area contributed by atoms with Crippen molar-refractivity contribution in [3.8, 4) is 10.4 Å². The predicted octanol–water partition coefficient (Wildman–Crippen LogP) is 7.72. The first-order chi connectivity index (χ1) is 17.9. The first-order valence-corrected chi connectivity index (χ1v) is 14.0. The van der Waals surface area contributed by atoms with Crippen molar-refractivity contribution in [2.75, 3.05) is 0 Å². The van der Waals surface area contributed by atoms with E-state index in [1.54, 1.807) is 11.3 Å². The van der Waals surface area contributed by atoms with Crippen LogP contribution in [0.1, 0.15) is 67.7 Å². The van der Waals surface area contributed by atoms with Gasteiger partial charge in [-0.3, -0.25) is 4.79 Å². The van der Waals surface area contributed by atoms with Crippen molar-refractivity contribution < 1.29 is 14.7 Å². The fourth-order valence-electron chi connectivity index (χ4n) is 5.01. The first-order valence-electron chi connectivity index (χ1n) is 13.2. The second-order valence-electron chi connectivity index (χ2n) is 11.4. The summed E-state index contributed by atoms with van der Waals surface area (Å²) in [6.07, 6.45) is 3.31. The Kier molecular flexibility index (Phi) is 8.16. The molecule has 2 heterocycles. The van der Waals surface area contributed by atoms with Crippen LogP contribution in [0.15, 0.2) is 64.8 Å². The Hall–Kier alpha value is -3.32. The van der Waals surface area contributed by atoms with Gasteiger partial charge in [-0.15, -0.1) is 11.3 Å². The van der Waals surface area contributed by atoms with Crippen LogP contribution >= 0.6 is 11.3 Å². The van der Waals surface area contributed by atoms with Gasteiger partial charge in [0.15, 0.2) is 5.66 Å². The number of carboxylic acids is 1. The SMILES string of the molecule is Cc1sc(-c2ccc(CCCC3(C(C)Cc4ccc(C(C)(C)C)cc4)N=NC(=O)N3)cc2)cc1CC(=O)O. The van der Waals surface area contributed by atoms with E-state index in [2.05, 4.69) is 91.8 Å². The number of carboxylic acid groups (broad SMARTS) is 1. The van der Waals surface area contributed by atoms with E-state index < -0.39 is 11.6 Å². The van der Waals surface area contributed by atoms with Crippen LogP contribution < -0.4 is 5.32 Å². The number of benzene rings is 2. The second kappa shape index (κ2) is 11.2. The van der Waals surface area contributed by atoms with Crippen LogP contribution in [0.25, 0.3) is 10.4 Å². The summed E-state index contributed by atoms with van der Waals surface area (Å²) < 4.78 is 0. The minimum atomic E-state index is -0.809. The lowest BCUT2D eigenvalue weighted by atomic mass is 9.83. The Labute approximate surface area is 229 Å². The highest BCUT2D eigenvalue weighted by atomic mass is 32.1. The number of hydrogen-bond acceptors (Lipinski definition) is 4. The quantitative estimate of drug-likeness (QED) is 0.280. The van der Waals surface area contributed by atoms with E-state index in [1.807, 2.05) is 13.0 Å². The molecule has 0 bridgehead atoms. The molecule has 1 aliphatic heterocycles. The maximum Gasteiger partial charge on any atom is 0.361 e. The molecule has 7 heteroatoms. The van der Waals surface area contributed by atoms with Crippen LogP contribution in [0.2, 0.25) is 0 Å². The Morgan fingerprint density at radius 2 is 1.74 bits per heavy atom. The molecule has 0 saturated carbocycles. The number of aliphatic carboxylic acids is 1. The highest BCUT2D eigenvalue weighted by Gasteiger charge is 2.41. The Morgan fingerprint density at radius 3 is 2.32 bits per heavy atom. The molecule has 3 aromatic rings. The van der Waals surface area contributed by atoms with Gasteiger partial charge in [0.2, 0.25) is 0 Å². The van der Waals surface area contributed by atoms with E-state index in [-0.39, 0.29) is 23.8 Å². The Bertz CT molecular complexity index is 1320. The number of nitrogens with zero attached hydrogens (tertiary/aromatic N) is 2. The fourth-order valence-corrected chi connectivity index (χ4v) is 6.06. The zero-order valence-electron chi connectivity index (χ0n) is 22.9. The molecule has 1 aliphatic rings. The molecule has 2 unspecified atom stereocenters. The molecule has 38 heavy (non-hydrogen) atoms. The van der Waals surface area contributed by atoms with Crippen LogP contribution in [-0.2, 0) is 29.5 Å². The largest absolute Gasteiger partial charge is 0.481 e. The Balaban J connectivity index is 1.38. The summed E-state index contributed by atoms with van der Waals surface area (Å²) in [5, 5.41) is 20.4. The normalized spacial score (nSPS) is 18.0. The van der Waals surface area contributed by atoms with Crippen molar-refractivity contribution in [2.45, 2.75) is 77.8 Å². The third-order valence-electron chi connectivity index (χ3n) is 7.44. The topological polar surface area (TPSA) is 91.1 Å². The molecule has 0 radical (unpaired) electrons. The number of hydrogen-bond donors (Lipinski definition) is 2. The predicted molar refractivity (Wildman–Crippen MR) is 153 cm³/mol. The zero-order chi connectivity index (χ0) is 27.5. The lowest BCUT2D eigenvalue weighted by Crippen LogP contribution is -2.47. The van der Waals surface area contributed by atoms with E-state index in [4.69, 9.17) is 5.11 Å². The highest BCUT2D eigenvalue weighted by molar-refractivity contribution is 7.15. The third-order valence-corrected chi connectivity index (χ3v) is 8.59. The number of azo groups is 1. The molecule has 0 spiro atoms. The molecule has 200 valence electrons. The average Bonchev–Trinajstić information content (AvgIpc) is 3.42. The number of nitrogens with one attached hydrogen (secondary N) is 1. The Morgan fingerprint density at radius 1 is 1.08 bits per heavy atom. The molecular weight excluding hydrogens is 494 g/mol. The molecule has 0 fully saturated rings. The number of rotatable bonds is 10. The van der Waals surface area contributed by atoms with E-state index >= 15 is 0 Å². The van der Waals surface area contributed by atoms with Crippen molar-refractivity contribution in [3.05, 3.63) is 81.7 Å². The molecular formula is C31H37N3O3S. The van der Waals surface area contributed by atoms with Gasteiger partial charge in [-0.25, -0.2) is 4.79 Å². The molecule has 2 N–H and O–H groups in total. The number of urea groups is 1. The van der Waals surface area contributed by atoms with Gasteiger partial charge in [0.25, 0.3) is 0 Å². The summed E-state index contributed by atoms with van der Waals surface area (Å²) in [5.74, 6) is -0.709.